The molecule has 0 aliphatic carbocycles. The second kappa shape index (κ2) is 6.36. The maximum Gasteiger partial charge on any atom is 0.223 e. The van der Waals surface area contributed by atoms with E-state index in [0.29, 0.717) is 18.3 Å². The molecule has 0 saturated heterocycles. The summed E-state index contributed by atoms with van der Waals surface area (Å²) in [7, 11) is 0. The molecule has 0 radical (unpaired) electrons. The van der Waals surface area contributed by atoms with Crippen LogP contribution < -0.4 is 5.32 Å². The molecule has 0 fully saturated rings. The van der Waals surface area contributed by atoms with Crippen LogP contribution in [0.4, 0.5) is 5.82 Å². The van der Waals surface area contributed by atoms with E-state index < -0.39 is 0 Å². The smallest absolute Gasteiger partial charge is 0.223 e. The third-order valence-electron chi connectivity index (χ3n) is 4.04. The van der Waals surface area contributed by atoms with Crippen LogP contribution in [-0.2, 0) is 6.54 Å². The highest BCUT2D eigenvalue weighted by Gasteiger charge is 2.14. The zero-order chi connectivity index (χ0) is 17.2. The van der Waals surface area contributed by atoms with Gasteiger partial charge in [-0.25, -0.2) is 4.98 Å². The lowest BCUT2D eigenvalue weighted by atomic mass is 10.1. The van der Waals surface area contributed by atoms with Crippen molar-refractivity contribution in [1.82, 2.24) is 15.1 Å². The monoisotopic (exact) mass is 330 g/mol. The van der Waals surface area contributed by atoms with Crippen molar-refractivity contribution in [3.63, 3.8) is 0 Å². The summed E-state index contributed by atoms with van der Waals surface area (Å²) in [5.41, 5.74) is 4.14. The van der Waals surface area contributed by atoms with Gasteiger partial charge in [0.2, 0.25) is 11.7 Å². The van der Waals surface area contributed by atoms with Gasteiger partial charge in [0.1, 0.15) is 5.82 Å². The number of rotatable bonds is 4. The number of pyridine rings is 1. The van der Waals surface area contributed by atoms with Crippen LogP contribution in [0.5, 0.6) is 0 Å². The van der Waals surface area contributed by atoms with Crippen LogP contribution in [-0.4, -0.2) is 15.1 Å². The Balaban J connectivity index is 1.78. The number of fused-ring (bicyclic) bond motifs is 1. The standard InChI is InChI=1S/C20H18N4O/c1-13-8-9-16-11-17(20-22-14(2)25-24-20)19(23-18(16)10-13)21-12-15-6-4-3-5-7-15/h3-11H,12H2,1-2H3,(H,21,23). The first-order valence-corrected chi connectivity index (χ1v) is 8.19. The fourth-order valence-corrected chi connectivity index (χ4v) is 2.77. The van der Waals surface area contributed by atoms with Crippen molar-refractivity contribution < 1.29 is 4.52 Å². The minimum Gasteiger partial charge on any atom is -0.365 e. The molecular formula is C20H18N4O. The molecule has 0 aliphatic heterocycles. The van der Waals surface area contributed by atoms with Crippen molar-refractivity contribution in [2.24, 2.45) is 0 Å². The molecule has 0 bridgehead atoms. The first-order chi connectivity index (χ1) is 12.2. The van der Waals surface area contributed by atoms with E-state index in [9.17, 15) is 0 Å². The Hall–Kier alpha value is -3.21. The fraction of sp³-hybridized carbons (Fsp3) is 0.150. The summed E-state index contributed by atoms with van der Waals surface area (Å²) < 4.78 is 5.15. The second-order valence-corrected chi connectivity index (χ2v) is 6.06. The lowest BCUT2D eigenvalue weighted by Gasteiger charge is -2.11. The molecule has 5 nitrogen and oxygen atoms in total. The quantitative estimate of drug-likeness (QED) is 0.596. The summed E-state index contributed by atoms with van der Waals surface area (Å²) in [6, 6.07) is 18.5. The zero-order valence-corrected chi connectivity index (χ0v) is 14.2. The fourth-order valence-electron chi connectivity index (χ4n) is 2.77. The largest absolute Gasteiger partial charge is 0.365 e. The van der Waals surface area contributed by atoms with E-state index in [1.165, 1.54) is 11.1 Å². The Labute approximate surface area is 145 Å². The van der Waals surface area contributed by atoms with Gasteiger partial charge in [-0.3, -0.25) is 0 Å². The highest BCUT2D eigenvalue weighted by atomic mass is 16.5. The Morgan fingerprint density at radius 1 is 0.960 bits per heavy atom. The number of hydrogen-bond donors (Lipinski definition) is 1. The third kappa shape index (κ3) is 3.21. The van der Waals surface area contributed by atoms with Gasteiger partial charge < -0.3 is 9.84 Å². The molecule has 2 aromatic carbocycles. The zero-order valence-electron chi connectivity index (χ0n) is 14.2. The van der Waals surface area contributed by atoms with Gasteiger partial charge in [-0.2, -0.15) is 4.98 Å². The van der Waals surface area contributed by atoms with E-state index in [0.717, 1.165) is 22.3 Å². The molecule has 5 heteroatoms. The first-order valence-electron chi connectivity index (χ1n) is 8.19. The average molecular weight is 330 g/mol. The predicted molar refractivity (Wildman–Crippen MR) is 98.3 cm³/mol. The lowest BCUT2D eigenvalue weighted by Crippen LogP contribution is -2.04. The molecule has 0 atom stereocenters. The number of hydrogen-bond acceptors (Lipinski definition) is 5. The highest BCUT2D eigenvalue weighted by molar-refractivity contribution is 5.88. The molecule has 0 aliphatic rings. The minimum absolute atomic E-state index is 0.535. The van der Waals surface area contributed by atoms with Crippen molar-refractivity contribution in [1.29, 1.82) is 0 Å². The van der Waals surface area contributed by atoms with Crippen LogP contribution in [0.25, 0.3) is 22.3 Å². The summed E-state index contributed by atoms with van der Waals surface area (Å²) in [5.74, 6) is 1.83. The van der Waals surface area contributed by atoms with Gasteiger partial charge in [0.05, 0.1) is 11.1 Å². The highest BCUT2D eigenvalue weighted by Crippen LogP contribution is 2.29. The molecule has 2 aromatic heterocycles. The van der Waals surface area contributed by atoms with Gasteiger partial charge in [-0.1, -0.05) is 47.6 Å². The van der Waals surface area contributed by atoms with Gasteiger partial charge in [0.25, 0.3) is 0 Å². The van der Waals surface area contributed by atoms with E-state index in [1.807, 2.05) is 18.2 Å². The summed E-state index contributed by atoms with van der Waals surface area (Å²) in [6.07, 6.45) is 0. The van der Waals surface area contributed by atoms with E-state index in [2.05, 4.69) is 58.8 Å². The van der Waals surface area contributed by atoms with Crippen LogP contribution in [0.3, 0.4) is 0 Å². The maximum absolute atomic E-state index is 5.15. The van der Waals surface area contributed by atoms with Crippen molar-refractivity contribution in [2.45, 2.75) is 20.4 Å². The molecule has 124 valence electrons. The molecule has 0 unspecified atom stereocenters. The van der Waals surface area contributed by atoms with Crippen LogP contribution in [0.2, 0.25) is 0 Å². The van der Waals surface area contributed by atoms with E-state index >= 15 is 0 Å². The Kier molecular flexibility index (Phi) is 3.90. The van der Waals surface area contributed by atoms with Crippen LogP contribution >= 0.6 is 0 Å². The van der Waals surface area contributed by atoms with Crippen molar-refractivity contribution >= 4 is 16.7 Å². The van der Waals surface area contributed by atoms with Crippen LogP contribution in [0.1, 0.15) is 17.0 Å². The van der Waals surface area contributed by atoms with Crippen LogP contribution in [0, 0.1) is 13.8 Å². The number of anilines is 1. The number of nitrogens with one attached hydrogen (secondary N) is 1. The summed E-state index contributed by atoms with van der Waals surface area (Å²) in [6.45, 7) is 4.52. The van der Waals surface area contributed by atoms with E-state index in [1.54, 1.807) is 6.92 Å². The van der Waals surface area contributed by atoms with Gasteiger partial charge in [0.15, 0.2) is 0 Å². The first kappa shape index (κ1) is 15.3. The normalized spacial score (nSPS) is 11.0. The molecule has 4 aromatic rings. The van der Waals surface area contributed by atoms with E-state index in [4.69, 9.17) is 9.51 Å². The van der Waals surface area contributed by atoms with E-state index in [-0.39, 0.29) is 0 Å². The topological polar surface area (TPSA) is 63.8 Å². The maximum atomic E-state index is 5.15. The molecule has 25 heavy (non-hydrogen) atoms. The van der Waals surface area contributed by atoms with Crippen molar-refractivity contribution in [3.05, 3.63) is 71.6 Å². The van der Waals surface area contributed by atoms with Gasteiger partial charge in [0, 0.05) is 18.9 Å². The van der Waals surface area contributed by atoms with Gasteiger partial charge in [-0.05, 0) is 30.2 Å². The van der Waals surface area contributed by atoms with Crippen LogP contribution in [0.15, 0.2) is 59.1 Å². The average Bonchev–Trinajstić information content (AvgIpc) is 3.06. The second-order valence-electron chi connectivity index (χ2n) is 6.06. The summed E-state index contributed by atoms with van der Waals surface area (Å²) in [4.78, 5) is 9.17. The Morgan fingerprint density at radius 2 is 1.80 bits per heavy atom. The predicted octanol–water partition coefficient (Wildman–Crippen LogP) is 4.51. The van der Waals surface area contributed by atoms with Crippen molar-refractivity contribution in [3.8, 4) is 11.4 Å². The molecule has 0 amide bonds. The minimum atomic E-state index is 0.535. The molecule has 4 rings (SSSR count). The van der Waals surface area contributed by atoms with Crippen molar-refractivity contribution in [2.75, 3.05) is 5.32 Å². The number of benzene rings is 2. The van der Waals surface area contributed by atoms with Gasteiger partial charge >= 0.3 is 0 Å². The summed E-state index contributed by atoms with van der Waals surface area (Å²) >= 11 is 0. The third-order valence-corrected chi connectivity index (χ3v) is 4.04. The lowest BCUT2D eigenvalue weighted by molar-refractivity contribution is 0.394. The number of aryl methyl sites for hydroxylation is 2. The molecular weight excluding hydrogens is 312 g/mol. The van der Waals surface area contributed by atoms with Gasteiger partial charge in [-0.15, -0.1) is 0 Å². The SMILES string of the molecule is Cc1ccc2cc(-c3noc(C)n3)c(NCc3ccccc3)nc2c1. The number of aromatic nitrogens is 3. The summed E-state index contributed by atoms with van der Waals surface area (Å²) in [5, 5.41) is 8.53. The molecule has 1 N–H and O–H groups in total. The molecule has 2 heterocycles. The molecule has 0 saturated carbocycles. The Bertz CT molecular complexity index is 1020. The molecule has 0 spiro atoms. The Morgan fingerprint density at radius 3 is 2.56 bits per heavy atom. The number of nitrogens with zero attached hydrogens (tertiary/aromatic N) is 3.